The van der Waals surface area contributed by atoms with Crippen molar-refractivity contribution in [3.05, 3.63) is 70.2 Å². The number of anilines is 1. The lowest BCUT2D eigenvalue weighted by molar-refractivity contribution is -0.274. The lowest BCUT2D eigenvalue weighted by atomic mass is 10.00. The zero-order valence-electron chi connectivity index (χ0n) is 24.0. The quantitative estimate of drug-likeness (QED) is 0.250. The van der Waals surface area contributed by atoms with Crippen molar-refractivity contribution in [2.75, 3.05) is 18.4 Å². The molecule has 3 heterocycles. The average Bonchev–Trinajstić information content (AvgIpc) is 3.49. The maximum Gasteiger partial charge on any atom is 0.573 e. The van der Waals surface area contributed by atoms with Gasteiger partial charge in [-0.2, -0.15) is 9.65 Å². The van der Waals surface area contributed by atoms with Gasteiger partial charge in [0.1, 0.15) is 11.9 Å². The third kappa shape index (κ3) is 9.09. The Labute approximate surface area is 257 Å². The lowest BCUT2D eigenvalue weighted by Gasteiger charge is -2.28. The van der Waals surface area contributed by atoms with Crippen LogP contribution in [0.5, 0.6) is 5.75 Å². The Morgan fingerprint density at radius 1 is 1.22 bits per heavy atom. The summed E-state index contributed by atoms with van der Waals surface area (Å²) >= 11 is 0. The monoisotopic (exact) mass is 650 g/mol. The van der Waals surface area contributed by atoms with Gasteiger partial charge in [0.05, 0.1) is 30.4 Å². The molecule has 1 aliphatic rings. The largest absolute Gasteiger partial charge is 0.573 e. The zero-order valence-corrected chi connectivity index (χ0v) is 24.0. The number of rotatable bonds is 10. The molecule has 244 valence electrons. The van der Waals surface area contributed by atoms with Crippen LogP contribution >= 0.6 is 0 Å². The van der Waals surface area contributed by atoms with Gasteiger partial charge in [0.2, 0.25) is 5.82 Å². The van der Waals surface area contributed by atoms with Crippen LogP contribution in [-0.4, -0.2) is 67.8 Å². The van der Waals surface area contributed by atoms with Crippen molar-refractivity contribution in [2.45, 2.75) is 51.4 Å². The molecule has 46 heavy (non-hydrogen) atoms. The molecule has 2 unspecified atom stereocenters. The molecule has 18 heteroatoms. The fourth-order valence-electron chi connectivity index (χ4n) is 4.60. The van der Waals surface area contributed by atoms with Gasteiger partial charge in [-0.1, -0.05) is 17.3 Å². The zero-order chi connectivity index (χ0) is 33.4. The number of halogens is 5. The van der Waals surface area contributed by atoms with Gasteiger partial charge in [-0.3, -0.25) is 19.2 Å². The summed E-state index contributed by atoms with van der Waals surface area (Å²) in [6, 6.07) is 8.10. The van der Waals surface area contributed by atoms with Crippen molar-refractivity contribution in [1.82, 2.24) is 29.8 Å². The van der Waals surface area contributed by atoms with E-state index in [1.54, 1.807) is 0 Å². The van der Waals surface area contributed by atoms with Gasteiger partial charge < -0.3 is 24.8 Å². The Balaban J connectivity index is 1.26. The summed E-state index contributed by atoms with van der Waals surface area (Å²) in [5.74, 6) is -5.05. The van der Waals surface area contributed by atoms with Crippen molar-refractivity contribution in [3.8, 4) is 11.8 Å². The van der Waals surface area contributed by atoms with E-state index in [2.05, 4.69) is 25.7 Å². The number of pyridine rings is 1. The van der Waals surface area contributed by atoms with E-state index in [0.717, 1.165) is 39.8 Å². The number of aryl methyl sites for hydroxylation is 1. The number of alkyl halides is 4. The molecule has 0 saturated carbocycles. The number of nitrogens with zero attached hydrogens (tertiary/aromatic N) is 6. The highest BCUT2D eigenvalue weighted by molar-refractivity contribution is 6.39. The van der Waals surface area contributed by atoms with E-state index in [1.807, 2.05) is 6.07 Å². The van der Waals surface area contributed by atoms with Crippen molar-refractivity contribution < 1.29 is 41.1 Å². The lowest BCUT2D eigenvalue weighted by Crippen LogP contribution is -2.45. The molecule has 3 aromatic rings. The number of carbonyl (C=O) groups is 3. The maximum absolute atomic E-state index is 14.7. The molecule has 2 atom stereocenters. The van der Waals surface area contributed by atoms with Gasteiger partial charge in [0.15, 0.2) is 5.69 Å². The molecule has 0 aliphatic carbocycles. The summed E-state index contributed by atoms with van der Waals surface area (Å²) in [7, 11) is 0. The van der Waals surface area contributed by atoms with Crippen LogP contribution in [0.2, 0.25) is 0 Å². The normalized spacial score (nSPS) is 15.5. The number of hydrogen-bond acceptors (Lipinski definition) is 8. The van der Waals surface area contributed by atoms with Crippen LogP contribution in [0.25, 0.3) is 0 Å². The highest BCUT2D eigenvalue weighted by Crippen LogP contribution is 2.23. The minimum absolute atomic E-state index is 0.0719. The smallest absolute Gasteiger partial charge is 0.406 e. The minimum atomic E-state index is -4.87. The van der Waals surface area contributed by atoms with Gasteiger partial charge in [-0.15, -0.1) is 18.3 Å². The number of aromatic nitrogens is 4. The van der Waals surface area contributed by atoms with E-state index in [1.165, 1.54) is 17.0 Å². The second-order valence-electron chi connectivity index (χ2n) is 10.3. The van der Waals surface area contributed by atoms with E-state index in [9.17, 15) is 41.1 Å². The second-order valence-corrected chi connectivity index (χ2v) is 10.3. The maximum atomic E-state index is 14.7. The predicted molar refractivity (Wildman–Crippen MR) is 148 cm³/mol. The molecule has 0 bridgehead atoms. The number of ether oxygens (including phenoxy) is 1. The first-order chi connectivity index (χ1) is 21.8. The number of likely N-dealkylation sites (tertiary alicyclic amines) is 1. The van der Waals surface area contributed by atoms with Crippen LogP contribution in [0.3, 0.4) is 0 Å². The first-order valence-corrected chi connectivity index (χ1v) is 13.9. The minimum Gasteiger partial charge on any atom is -0.406 e. The summed E-state index contributed by atoms with van der Waals surface area (Å²) in [4.78, 5) is 50.8. The Morgan fingerprint density at radius 3 is 2.74 bits per heavy atom. The number of benzene rings is 1. The van der Waals surface area contributed by atoms with Crippen LogP contribution in [-0.2, 0) is 29.2 Å². The molecule has 0 radical (unpaired) electrons. The Bertz CT molecular complexity index is 1690. The molecule has 1 aliphatic heterocycles. The van der Waals surface area contributed by atoms with Crippen molar-refractivity contribution >= 4 is 23.4 Å². The van der Waals surface area contributed by atoms with E-state index in [4.69, 9.17) is 5.26 Å². The van der Waals surface area contributed by atoms with Crippen molar-refractivity contribution in [2.24, 2.45) is 5.92 Å². The van der Waals surface area contributed by atoms with E-state index >= 15 is 0 Å². The van der Waals surface area contributed by atoms with Crippen molar-refractivity contribution in [3.63, 3.8) is 0 Å². The highest BCUT2D eigenvalue weighted by Gasteiger charge is 2.31. The second kappa shape index (κ2) is 14.6. The highest BCUT2D eigenvalue weighted by atomic mass is 19.4. The van der Waals surface area contributed by atoms with Crippen LogP contribution in [0.15, 0.2) is 47.5 Å². The first kappa shape index (κ1) is 33.6. The van der Waals surface area contributed by atoms with Crippen molar-refractivity contribution in [1.29, 1.82) is 5.26 Å². The first-order valence-electron chi connectivity index (χ1n) is 13.9. The average molecular weight is 651 g/mol. The van der Waals surface area contributed by atoms with Gasteiger partial charge >= 0.3 is 18.2 Å². The number of nitrogens with one attached hydrogen (secondary N) is 2. The van der Waals surface area contributed by atoms with Gasteiger partial charge in [0.25, 0.3) is 11.5 Å². The van der Waals surface area contributed by atoms with Crippen LogP contribution in [0.4, 0.5) is 27.6 Å². The molecular weight excluding hydrogens is 623 g/mol. The molecule has 2 aromatic heterocycles. The number of carbonyl (C=O) groups excluding carboxylic acids is 3. The predicted octanol–water partition coefficient (Wildman–Crippen LogP) is 2.54. The summed E-state index contributed by atoms with van der Waals surface area (Å²) < 4.78 is 72.4. The molecule has 1 aromatic carbocycles. The summed E-state index contributed by atoms with van der Waals surface area (Å²) in [5.41, 5.74) is -1.56. The van der Waals surface area contributed by atoms with Crippen LogP contribution in [0.1, 0.15) is 35.3 Å². The molecule has 2 N–H and O–H groups in total. The summed E-state index contributed by atoms with van der Waals surface area (Å²) in [6.45, 7) is -0.440. The number of amides is 3. The van der Waals surface area contributed by atoms with Crippen LogP contribution in [0, 0.1) is 23.1 Å². The summed E-state index contributed by atoms with van der Waals surface area (Å²) in [6.07, 6.45) is -3.33. The van der Waals surface area contributed by atoms with Crippen LogP contribution < -0.4 is 20.9 Å². The number of hydrogen-bond donors (Lipinski definition) is 2. The van der Waals surface area contributed by atoms with E-state index < -0.39 is 59.0 Å². The van der Waals surface area contributed by atoms with Gasteiger partial charge in [-0.25, -0.2) is 9.07 Å². The molecule has 13 nitrogen and oxygen atoms in total. The standard InChI is InChI=1S/C28H27F5N8O5/c29-19(15-41-16-22(37-38-41)24(42)35-13-17-3-1-5-20(11-17)46-28(31,32)33)6-9-39-10-7-21(23(30)26(39)44)36-25(43)27(45)40-8-2-4-18(12-34)14-40/h1,3,5,7,10-11,16,18-19H,2,4,6,8-9,13-15H2,(H,35,42)(H,36,43). The van der Waals surface area contributed by atoms with Gasteiger partial charge in [-0.05, 0) is 43.0 Å². The third-order valence-corrected chi connectivity index (χ3v) is 6.86. The van der Waals surface area contributed by atoms with Gasteiger partial charge in [0, 0.05) is 32.4 Å². The third-order valence-electron chi connectivity index (χ3n) is 6.86. The molecule has 4 rings (SSSR count). The van der Waals surface area contributed by atoms with E-state index in [-0.39, 0.29) is 44.8 Å². The Hall–Kier alpha value is -5.34. The number of piperidine rings is 1. The fourth-order valence-corrected chi connectivity index (χ4v) is 4.60. The SMILES string of the molecule is N#CC1CCCN(C(=O)C(=O)Nc2ccn(CCC(F)Cn3cc(C(=O)NCc4cccc(OC(F)(F)F)c4)nn3)c(=O)c2F)C1. The molecule has 1 saturated heterocycles. The Kier molecular flexibility index (Phi) is 10.7. The molecular formula is C28H27F5N8O5. The topological polar surface area (TPSA) is 164 Å². The molecule has 1 fully saturated rings. The Morgan fingerprint density at radius 2 is 2.00 bits per heavy atom. The molecule has 3 amide bonds. The number of nitriles is 1. The fraction of sp³-hybridized carbons (Fsp3) is 0.393. The molecule has 0 spiro atoms. The summed E-state index contributed by atoms with van der Waals surface area (Å²) in [5, 5.41) is 20.9. The van der Waals surface area contributed by atoms with E-state index in [0.29, 0.717) is 18.4 Å².